The molecule has 3 rings (SSSR count). The van der Waals surface area contributed by atoms with Gasteiger partial charge in [-0.3, -0.25) is 0 Å². The van der Waals surface area contributed by atoms with Gasteiger partial charge in [-0.05, 0) is 28.8 Å². The summed E-state index contributed by atoms with van der Waals surface area (Å²) in [5, 5.41) is 0. The highest BCUT2D eigenvalue weighted by molar-refractivity contribution is 14.1. The lowest BCUT2D eigenvalue weighted by Crippen LogP contribution is -1.91. The molecule has 0 aromatic heterocycles. The van der Waals surface area contributed by atoms with E-state index in [2.05, 4.69) is 0 Å². The Bertz CT molecular complexity index is 854. The van der Waals surface area contributed by atoms with Crippen LogP contribution < -0.4 is 7.59 Å². The minimum atomic E-state index is -2.79. The third-order valence-electron chi connectivity index (χ3n) is 3.50. The molecule has 0 fully saturated rings. The quantitative estimate of drug-likeness (QED) is 0.395. The Hall–Kier alpha value is -1.95. The fourth-order valence-electron chi connectivity index (χ4n) is 2.46. The number of benzene rings is 3. The van der Waals surface area contributed by atoms with Crippen molar-refractivity contribution in [1.82, 2.24) is 0 Å². The number of rotatable bonds is 5. The van der Waals surface area contributed by atoms with E-state index in [9.17, 15) is 9.46 Å². The Kier molecular flexibility index (Phi) is 5.45. The van der Waals surface area contributed by atoms with Gasteiger partial charge >= 0.3 is 8.25 Å². The lowest BCUT2D eigenvalue weighted by Gasteiger charge is -2.12. The van der Waals surface area contributed by atoms with E-state index in [0.717, 1.165) is 22.3 Å². The largest absolute Gasteiger partial charge is 0.747 e. The normalized spacial score (nSPS) is 11.0. The minimum Gasteiger partial charge on any atom is -0.423 e. The number of hydrogen-bond acceptors (Lipinski definition) is 3. The molecule has 0 heterocycles. The number of halogens is 1. The molecule has 0 bridgehead atoms. The Balaban J connectivity index is 2.24. The van der Waals surface area contributed by atoms with Gasteiger partial charge in [0.25, 0.3) is 0 Å². The average Bonchev–Trinajstić information content (AvgIpc) is 2.62. The molecule has 0 saturated heterocycles. The summed E-state index contributed by atoms with van der Waals surface area (Å²) in [7, 11) is -2.79. The topological polar surface area (TPSA) is 55.8 Å². The highest BCUT2D eigenvalue weighted by Crippen LogP contribution is 2.45. The fraction of sp³-hybridized carbons (Fsp3) is 0. The van der Waals surface area contributed by atoms with Crippen molar-refractivity contribution in [3.8, 4) is 33.8 Å². The van der Waals surface area contributed by atoms with Crippen molar-refractivity contribution in [2.75, 3.05) is 0 Å². The predicted molar refractivity (Wildman–Crippen MR) is 102 cm³/mol. The molecule has 6 heteroatoms. The van der Waals surface area contributed by atoms with Gasteiger partial charge in [0.1, 0.15) is 0 Å². The minimum absolute atomic E-state index is 0.230. The molecule has 24 heavy (non-hydrogen) atoms. The molecule has 4 nitrogen and oxygen atoms in total. The second kappa shape index (κ2) is 7.75. The predicted octanol–water partition coefficient (Wildman–Crippen LogP) is 5.78. The first-order chi connectivity index (χ1) is 11.7. The molecule has 0 aliphatic heterocycles. The smallest absolute Gasteiger partial charge is 0.423 e. The van der Waals surface area contributed by atoms with Gasteiger partial charge in [0.15, 0.2) is 28.8 Å². The first kappa shape index (κ1) is 16.9. The van der Waals surface area contributed by atoms with Crippen LogP contribution in [0.4, 0.5) is 0 Å². The Morgan fingerprint density at radius 1 is 0.833 bits per heavy atom. The first-order valence-electron chi connectivity index (χ1n) is 7.10. The zero-order chi connectivity index (χ0) is 16.9. The molecule has 3 aromatic carbocycles. The van der Waals surface area contributed by atoms with Gasteiger partial charge in [-0.1, -0.05) is 60.7 Å². The third-order valence-corrected chi connectivity index (χ3v) is 4.29. The van der Waals surface area contributed by atoms with Gasteiger partial charge in [-0.2, -0.15) is 0 Å². The van der Waals surface area contributed by atoms with Crippen LogP contribution in [0.1, 0.15) is 0 Å². The molecular weight excluding hydrogens is 438 g/mol. The molecule has 1 unspecified atom stereocenters. The number of hydrogen-bond donors (Lipinski definition) is 1. The molecule has 0 aliphatic carbocycles. The Labute approximate surface area is 154 Å². The van der Waals surface area contributed by atoms with E-state index in [1.807, 2.05) is 66.7 Å². The van der Waals surface area contributed by atoms with E-state index >= 15 is 0 Å². The monoisotopic (exact) mass is 451 g/mol. The van der Waals surface area contributed by atoms with Crippen molar-refractivity contribution >= 4 is 31.3 Å². The van der Waals surface area contributed by atoms with Crippen LogP contribution in [0.3, 0.4) is 0 Å². The van der Waals surface area contributed by atoms with E-state index in [1.165, 1.54) is 0 Å². The van der Waals surface area contributed by atoms with Crippen LogP contribution >= 0.6 is 31.3 Å². The van der Waals surface area contributed by atoms with E-state index < -0.39 is 8.25 Å². The summed E-state index contributed by atoms with van der Waals surface area (Å²) >= 11 is 1.75. The molecule has 0 saturated carbocycles. The van der Waals surface area contributed by atoms with Gasteiger partial charge in [0.05, 0.1) is 0 Å². The summed E-state index contributed by atoms with van der Waals surface area (Å²) in [5.41, 5.74) is 3.57. The van der Waals surface area contributed by atoms with Crippen LogP contribution in [0.2, 0.25) is 0 Å². The molecule has 1 atom stereocenters. The van der Waals surface area contributed by atoms with Crippen molar-refractivity contribution in [3.63, 3.8) is 0 Å². The standard InChI is InChI=1S/C18H12IO4P/c19-22-18-16(14-9-5-2-6-10-14)11-15(12-17(18)23-24(20)21)13-7-3-1-4-8-13/h1-12H/p+1. The van der Waals surface area contributed by atoms with E-state index in [4.69, 9.17) is 7.59 Å². The van der Waals surface area contributed by atoms with Gasteiger partial charge in [-0.25, -0.2) is 4.52 Å². The van der Waals surface area contributed by atoms with Gasteiger partial charge in [0.2, 0.25) is 5.75 Å². The maximum atomic E-state index is 11.2. The van der Waals surface area contributed by atoms with Crippen molar-refractivity contribution in [3.05, 3.63) is 72.8 Å². The summed E-state index contributed by atoms with van der Waals surface area (Å²) in [5.74, 6) is 0.645. The van der Waals surface area contributed by atoms with Crippen LogP contribution in [-0.2, 0) is 4.57 Å². The zero-order valence-corrected chi connectivity index (χ0v) is 15.5. The molecular formula is C18H13IO4P+. The van der Waals surface area contributed by atoms with Crippen molar-refractivity contribution in [1.29, 1.82) is 0 Å². The molecule has 120 valence electrons. The van der Waals surface area contributed by atoms with E-state index in [1.54, 1.807) is 29.1 Å². The summed E-state index contributed by atoms with van der Waals surface area (Å²) in [6.07, 6.45) is 0. The van der Waals surface area contributed by atoms with Gasteiger partial charge in [0, 0.05) is 10.1 Å². The first-order valence-corrected chi connectivity index (χ1v) is 9.11. The molecule has 0 spiro atoms. The average molecular weight is 451 g/mol. The van der Waals surface area contributed by atoms with Crippen LogP contribution in [0.25, 0.3) is 22.3 Å². The lowest BCUT2D eigenvalue weighted by molar-refractivity contribution is 0.406. The second-order valence-electron chi connectivity index (χ2n) is 4.99. The maximum absolute atomic E-state index is 11.2. The van der Waals surface area contributed by atoms with Crippen LogP contribution in [0.5, 0.6) is 11.5 Å². The summed E-state index contributed by atoms with van der Waals surface area (Å²) in [6.45, 7) is 0. The third kappa shape index (κ3) is 3.75. The maximum Gasteiger partial charge on any atom is 0.747 e. The molecule has 0 amide bonds. The van der Waals surface area contributed by atoms with Crippen LogP contribution in [0, 0.1) is 0 Å². The molecule has 0 aliphatic rings. The highest BCUT2D eigenvalue weighted by atomic mass is 127. The molecule has 0 radical (unpaired) electrons. The van der Waals surface area contributed by atoms with Crippen LogP contribution in [0.15, 0.2) is 72.8 Å². The molecule has 1 N–H and O–H groups in total. The van der Waals surface area contributed by atoms with Crippen molar-refractivity contribution in [2.24, 2.45) is 0 Å². The highest BCUT2D eigenvalue weighted by Gasteiger charge is 2.23. The van der Waals surface area contributed by atoms with Crippen molar-refractivity contribution < 1.29 is 17.0 Å². The summed E-state index contributed by atoms with van der Waals surface area (Å²) < 4.78 is 21.7. The lowest BCUT2D eigenvalue weighted by atomic mass is 9.97. The van der Waals surface area contributed by atoms with Gasteiger partial charge < -0.3 is 3.07 Å². The SMILES string of the molecule is O=[P+](O)Oc1cc(-c2ccccc2)cc(-c2ccccc2)c1OI. The second-order valence-corrected chi connectivity index (χ2v) is 6.09. The van der Waals surface area contributed by atoms with Crippen molar-refractivity contribution in [2.45, 2.75) is 0 Å². The summed E-state index contributed by atoms with van der Waals surface area (Å²) in [4.78, 5) is 9.18. The van der Waals surface area contributed by atoms with E-state index in [0.29, 0.717) is 5.75 Å². The van der Waals surface area contributed by atoms with Crippen LogP contribution in [-0.4, -0.2) is 4.89 Å². The fourth-order valence-corrected chi connectivity index (χ4v) is 3.22. The molecule has 3 aromatic rings. The van der Waals surface area contributed by atoms with Gasteiger partial charge in [-0.15, -0.1) is 4.89 Å². The summed E-state index contributed by atoms with van der Waals surface area (Å²) in [6, 6.07) is 23.1. The Morgan fingerprint density at radius 3 is 1.96 bits per heavy atom. The van der Waals surface area contributed by atoms with E-state index in [-0.39, 0.29) is 5.75 Å². The Morgan fingerprint density at radius 2 is 1.42 bits per heavy atom. The zero-order valence-electron chi connectivity index (χ0n) is 12.4.